The van der Waals surface area contributed by atoms with E-state index in [1.54, 1.807) is 0 Å². The molecule has 0 amide bonds. The van der Waals surface area contributed by atoms with Crippen molar-refractivity contribution in [2.75, 3.05) is 4.90 Å². The Kier molecular flexibility index (Phi) is 6.61. The standard InChI is InChI=1S/C48H47NO/c1-31-33(3)47(29-45(31,5)6)37-16-8-12-20-41(37)49(42-21-13-9-17-38(42)47)36-26-24-35(25-27-36)28-46(7)30-48(34(4)32(46)2)39-18-10-14-22-43(39)50-44-23-15-11-19-40(44)48/h8-27H,28-30H2,1-7H3. The van der Waals surface area contributed by atoms with E-state index in [1.165, 1.54) is 67.2 Å². The van der Waals surface area contributed by atoms with Gasteiger partial charge in [0.05, 0.1) is 11.4 Å². The van der Waals surface area contributed by atoms with Gasteiger partial charge in [-0.1, -0.05) is 128 Å². The Morgan fingerprint density at radius 1 is 0.500 bits per heavy atom. The molecule has 0 N–H and O–H groups in total. The zero-order valence-corrected chi connectivity index (χ0v) is 30.5. The van der Waals surface area contributed by atoms with Gasteiger partial charge in [0.1, 0.15) is 11.5 Å². The summed E-state index contributed by atoms with van der Waals surface area (Å²) in [5, 5.41) is 0. The zero-order valence-electron chi connectivity index (χ0n) is 30.5. The summed E-state index contributed by atoms with van der Waals surface area (Å²) >= 11 is 0. The van der Waals surface area contributed by atoms with Gasteiger partial charge < -0.3 is 9.64 Å². The van der Waals surface area contributed by atoms with E-state index in [2.05, 4.69) is 175 Å². The van der Waals surface area contributed by atoms with Crippen LogP contribution in [0.5, 0.6) is 11.5 Å². The molecule has 0 fully saturated rings. The van der Waals surface area contributed by atoms with Gasteiger partial charge in [0, 0.05) is 27.6 Å². The summed E-state index contributed by atoms with van der Waals surface area (Å²) in [5.74, 6) is 1.97. The summed E-state index contributed by atoms with van der Waals surface area (Å²) in [7, 11) is 0. The maximum Gasteiger partial charge on any atom is 0.131 e. The van der Waals surface area contributed by atoms with Gasteiger partial charge in [-0.2, -0.15) is 0 Å². The number of benzene rings is 5. The third-order valence-electron chi connectivity index (χ3n) is 13.6. The van der Waals surface area contributed by atoms with Crippen molar-refractivity contribution in [3.63, 3.8) is 0 Å². The maximum absolute atomic E-state index is 6.48. The van der Waals surface area contributed by atoms with Crippen LogP contribution >= 0.6 is 0 Å². The van der Waals surface area contributed by atoms with E-state index in [-0.39, 0.29) is 21.7 Å². The second-order valence-corrected chi connectivity index (χ2v) is 16.4. The lowest BCUT2D eigenvalue weighted by molar-refractivity contribution is 0.323. The molecule has 0 aromatic heterocycles. The van der Waals surface area contributed by atoms with E-state index in [4.69, 9.17) is 4.74 Å². The molecule has 2 nitrogen and oxygen atoms in total. The Balaban J connectivity index is 1.10. The molecule has 5 aromatic rings. The lowest BCUT2D eigenvalue weighted by Gasteiger charge is -2.45. The Morgan fingerprint density at radius 2 is 0.960 bits per heavy atom. The first-order valence-corrected chi connectivity index (χ1v) is 18.3. The summed E-state index contributed by atoms with van der Waals surface area (Å²) in [6, 6.07) is 45.1. The van der Waals surface area contributed by atoms with Crippen LogP contribution in [0.3, 0.4) is 0 Å². The van der Waals surface area contributed by atoms with Crippen molar-refractivity contribution in [1.29, 1.82) is 0 Å². The fourth-order valence-electron chi connectivity index (χ4n) is 10.7. The van der Waals surface area contributed by atoms with Crippen molar-refractivity contribution in [3.05, 3.63) is 171 Å². The maximum atomic E-state index is 6.48. The number of hydrogen-bond acceptors (Lipinski definition) is 2. The molecule has 0 saturated heterocycles. The molecular formula is C48H47NO. The van der Waals surface area contributed by atoms with Gasteiger partial charge in [-0.3, -0.25) is 0 Å². The number of allylic oxidation sites excluding steroid dienone is 4. The third kappa shape index (κ3) is 4.02. The fourth-order valence-corrected chi connectivity index (χ4v) is 10.7. The molecule has 50 heavy (non-hydrogen) atoms. The van der Waals surface area contributed by atoms with Crippen LogP contribution in [0.4, 0.5) is 17.1 Å². The highest BCUT2D eigenvalue weighted by atomic mass is 16.5. The quantitative estimate of drug-likeness (QED) is 0.180. The van der Waals surface area contributed by atoms with Gasteiger partial charge in [-0.25, -0.2) is 0 Å². The molecule has 2 heterocycles. The lowest BCUT2D eigenvalue weighted by Crippen LogP contribution is -2.36. The summed E-state index contributed by atoms with van der Waals surface area (Å²) in [6.07, 6.45) is 3.10. The van der Waals surface area contributed by atoms with Crippen LogP contribution in [-0.2, 0) is 17.3 Å². The minimum absolute atomic E-state index is 0.00311. The third-order valence-corrected chi connectivity index (χ3v) is 13.6. The normalized spacial score (nSPS) is 21.9. The first-order chi connectivity index (χ1) is 24.0. The highest BCUT2D eigenvalue weighted by Gasteiger charge is 2.55. The molecule has 0 saturated carbocycles. The van der Waals surface area contributed by atoms with Crippen LogP contribution in [0, 0.1) is 10.8 Å². The second-order valence-electron chi connectivity index (χ2n) is 16.4. The number of rotatable bonds is 3. The summed E-state index contributed by atoms with van der Waals surface area (Å²) in [6.45, 7) is 16.8. The van der Waals surface area contributed by atoms with Crippen LogP contribution in [0.25, 0.3) is 0 Å². The number of nitrogens with zero attached hydrogens (tertiary/aromatic N) is 1. The van der Waals surface area contributed by atoms with Crippen molar-refractivity contribution in [2.45, 2.75) is 78.6 Å². The van der Waals surface area contributed by atoms with Crippen molar-refractivity contribution < 1.29 is 4.74 Å². The van der Waals surface area contributed by atoms with Gasteiger partial charge in [0.2, 0.25) is 0 Å². The zero-order chi connectivity index (χ0) is 34.6. The molecule has 1 atom stereocenters. The molecule has 5 aromatic carbocycles. The predicted octanol–water partition coefficient (Wildman–Crippen LogP) is 12.9. The first kappa shape index (κ1) is 31.2. The predicted molar refractivity (Wildman–Crippen MR) is 207 cm³/mol. The van der Waals surface area contributed by atoms with E-state index in [9.17, 15) is 0 Å². The molecule has 2 heteroatoms. The molecule has 2 aliphatic carbocycles. The molecule has 250 valence electrons. The van der Waals surface area contributed by atoms with Crippen LogP contribution in [-0.4, -0.2) is 0 Å². The largest absolute Gasteiger partial charge is 0.457 e. The lowest BCUT2D eigenvalue weighted by atomic mass is 9.65. The highest BCUT2D eigenvalue weighted by molar-refractivity contribution is 5.88. The van der Waals surface area contributed by atoms with Crippen molar-refractivity contribution in [3.8, 4) is 11.5 Å². The van der Waals surface area contributed by atoms with Gasteiger partial charge in [-0.15, -0.1) is 0 Å². The molecule has 0 bridgehead atoms. The van der Waals surface area contributed by atoms with E-state index >= 15 is 0 Å². The van der Waals surface area contributed by atoms with Crippen molar-refractivity contribution in [2.24, 2.45) is 10.8 Å². The highest BCUT2D eigenvalue weighted by Crippen LogP contribution is 2.65. The molecular weight excluding hydrogens is 607 g/mol. The molecule has 0 radical (unpaired) electrons. The van der Waals surface area contributed by atoms with Crippen LogP contribution in [0.1, 0.15) is 89.1 Å². The first-order valence-electron chi connectivity index (χ1n) is 18.3. The van der Waals surface area contributed by atoms with E-state index in [0.717, 1.165) is 30.8 Å². The number of fused-ring (bicyclic) bond motifs is 8. The molecule has 1 unspecified atom stereocenters. The van der Waals surface area contributed by atoms with Gasteiger partial charge in [0.25, 0.3) is 0 Å². The number of ether oxygens (including phenoxy) is 1. The number of hydrogen-bond donors (Lipinski definition) is 0. The smallest absolute Gasteiger partial charge is 0.131 e. The summed E-state index contributed by atoms with van der Waals surface area (Å²) in [4.78, 5) is 2.51. The van der Waals surface area contributed by atoms with E-state index < -0.39 is 0 Å². The monoisotopic (exact) mass is 653 g/mol. The van der Waals surface area contributed by atoms with Crippen LogP contribution in [0.15, 0.2) is 144 Å². The Hall–Kier alpha value is -4.82. The van der Waals surface area contributed by atoms with E-state index in [0.29, 0.717) is 0 Å². The minimum atomic E-state index is -0.193. The van der Waals surface area contributed by atoms with Gasteiger partial charge >= 0.3 is 0 Å². The fraction of sp³-hybridized carbons (Fsp3) is 0.292. The van der Waals surface area contributed by atoms with E-state index in [1.807, 2.05) is 0 Å². The Bertz CT molecular complexity index is 2170. The SMILES string of the molecule is CC1=C(C)C2(CC1(C)C)c1ccccc1N(c1ccc(CC3(C)CC4(C(C)=C3C)c3ccccc3Oc3ccccc34)cc1)c1ccccc12. The van der Waals surface area contributed by atoms with Crippen LogP contribution in [0.2, 0.25) is 0 Å². The second kappa shape index (κ2) is 10.6. The van der Waals surface area contributed by atoms with Crippen LogP contribution < -0.4 is 9.64 Å². The van der Waals surface area contributed by atoms with Crippen molar-refractivity contribution in [1.82, 2.24) is 0 Å². The van der Waals surface area contributed by atoms with Crippen molar-refractivity contribution >= 4 is 17.1 Å². The molecule has 2 spiro atoms. The number of anilines is 3. The molecule has 9 rings (SSSR count). The summed E-state index contributed by atoms with van der Waals surface area (Å²) < 4.78 is 6.48. The van der Waals surface area contributed by atoms with Gasteiger partial charge in [-0.05, 0) is 111 Å². The average Bonchev–Trinajstić information content (AvgIpc) is 3.44. The Labute approximate surface area is 298 Å². The average molecular weight is 654 g/mol. The Morgan fingerprint density at radius 3 is 1.48 bits per heavy atom. The number of para-hydroxylation sites is 4. The molecule has 4 aliphatic rings. The minimum Gasteiger partial charge on any atom is -0.457 e. The van der Waals surface area contributed by atoms with Gasteiger partial charge in [0.15, 0.2) is 0 Å². The summed E-state index contributed by atoms with van der Waals surface area (Å²) in [5.41, 5.74) is 16.4. The topological polar surface area (TPSA) is 12.5 Å². The molecule has 2 aliphatic heterocycles.